The lowest BCUT2D eigenvalue weighted by atomic mass is 10.0. The molecule has 2 aliphatic rings. The van der Waals surface area contributed by atoms with Gasteiger partial charge in [0.15, 0.2) is 0 Å². The third-order valence-corrected chi connectivity index (χ3v) is 5.69. The first kappa shape index (κ1) is 14.5. The van der Waals surface area contributed by atoms with Crippen LogP contribution in [0.25, 0.3) is 0 Å². The van der Waals surface area contributed by atoms with E-state index in [-0.39, 0.29) is 23.9 Å². The van der Waals surface area contributed by atoms with Crippen molar-refractivity contribution in [3.63, 3.8) is 0 Å². The minimum absolute atomic E-state index is 0.0235. The van der Waals surface area contributed by atoms with Crippen LogP contribution in [0.15, 0.2) is 47.8 Å². The summed E-state index contributed by atoms with van der Waals surface area (Å²) in [6.07, 6.45) is 1.97. The van der Waals surface area contributed by atoms with Crippen molar-refractivity contribution in [1.82, 2.24) is 10.2 Å². The molecular weight excluding hydrogens is 308 g/mol. The zero-order chi connectivity index (χ0) is 15.8. The maximum atomic E-state index is 12.7. The van der Waals surface area contributed by atoms with E-state index in [4.69, 9.17) is 0 Å². The van der Waals surface area contributed by atoms with Crippen LogP contribution in [0.4, 0.5) is 0 Å². The van der Waals surface area contributed by atoms with Gasteiger partial charge in [0.2, 0.25) is 0 Å². The highest BCUT2D eigenvalue weighted by molar-refractivity contribution is 7.12. The average Bonchev–Trinajstić information content (AvgIpc) is 3.31. The van der Waals surface area contributed by atoms with Crippen LogP contribution in [0, 0.1) is 5.92 Å². The van der Waals surface area contributed by atoms with E-state index in [0.29, 0.717) is 5.92 Å². The molecule has 2 heterocycles. The van der Waals surface area contributed by atoms with Crippen LogP contribution >= 0.6 is 11.3 Å². The minimum atomic E-state index is -0.0235. The van der Waals surface area contributed by atoms with Crippen molar-refractivity contribution < 1.29 is 9.59 Å². The topological polar surface area (TPSA) is 49.4 Å². The summed E-state index contributed by atoms with van der Waals surface area (Å²) in [5, 5.41) is 5.03. The summed E-state index contributed by atoms with van der Waals surface area (Å²) in [5.41, 5.74) is 0.725. The van der Waals surface area contributed by atoms with Gasteiger partial charge >= 0.3 is 0 Å². The number of carbonyl (C=O) groups excluding carboxylic acids is 2. The molecule has 1 saturated heterocycles. The summed E-state index contributed by atoms with van der Waals surface area (Å²) < 4.78 is 0. The summed E-state index contributed by atoms with van der Waals surface area (Å²) in [6, 6.07) is 13.3. The number of thiophene rings is 1. The quantitative estimate of drug-likeness (QED) is 0.943. The van der Waals surface area contributed by atoms with Crippen molar-refractivity contribution in [2.75, 3.05) is 6.54 Å². The molecule has 2 amide bonds. The molecule has 118 valence electrons. The molecule has 0 spiro atoms. The molecular formula is C18H18N2O2S. The Bertz CT molecular complexity index is 714. The van der Waals surface area contributed by atoms with E-state index in [2.05, 4.69) is 5.32 Å². The number of benzene rings is 1. The Balaban J connectivity index is 1.48. The number of nitrogens with zero attached hydrogens (tertiary/aromatic N) is 1. The number of hydrogen-bond donors (Lipinski definition) is 1. The van der Waals surface area contributed by atoms with Crippen LogP contribution in [0.1, 0.15) is 32.9 Å². The van der Waals surface area contributed by atoms with Crippen LogP contribution in [-0.4, -0.2) is 35.3 Å². The lowest BCUT2D eigenvalue weighted by Crippen LogP contribution is -2.51. The number of nitrogens with one attached hydrogen (secondary N) is 1. The molecule has 4 rings (SSSR count). The van der Waals surface area contributed by atoms with Crippen LogP contribution in [-0.2, 0) is 0 Å². The number of likely N-dealkylation sites (tertiary alicyclic amines) is 1. The smallest absolute Gasteiger partial charge is 0.261 e. The molecule has 2 aromatic rings. The van der Waals surface area contributed by atoms with Crippen molar-refractivity contribution in [3.05, 3.63) is 58.3 Å². The predicted octanol–water partition coefficient (Wildman–Crippen LogP) is 2.78. The fraction of sp³-hybridized carbons (Fsp3) is 0.333. The summed E-state index contributed by atoms with van der Waals surface area (Å²) in [6.45, 7) is 0.809. The molecule has 1 N–H and O–H groups in total. The van der Waals surface area contributed by atoms with Gasteiger partial charge in [-0.25, -0.2) is 0 Å². The summed E-state index contributed by atoms with van der Waals surface area (Å²) >= 11 is 1.45. The van der Waals surface area contributed by atoms with Crippen LogP contribution < -0.4 is 5.32 Å². The van der Waals surface area contributed by atoms with E-state index in [0.717, 1.165) is 29.8 Å². The molecule has 3 unspecified atom stereocenters. The van der Waals surface area contributed by atoms with Gasteiger partial charge in [0.1, 0.15) is 0 Å². The van der Waals surface area contributed by atoms with Gasteiger partial charge < -0.3 is 10.2 Å². The first-order valence-corrected chi connectivity index (χ1v) is 8.81. The molecule has 3 atom stereocenters. The zero-order valence-corrected chi connectivity index (χ0v) is 13.5. The summed E-state index contributed by atoms with van der Waals surface area (Å²) in [7, 11) is 0. The minimum Gasteiger partial charge on any atom is -0.347 e. The van der Waals surface area contributed by atoms with Crippen LogP contribution in [0.3, 0.4) is 0 Å². The predicted molar refractivity (Wildman–Crippen MR) is 89.6 cm³/mol. The molecule has 23 heavy (non-hydrogen) atoms. The van der Waals surface area contributed by atoms with Gasteiger partial charge in [-0.1, -0.05) is 24.3 Å². The molecule has 1 saturated carbocycles. The van der Waals surface area contributed by atoms with Gasteiger partial charge in [0.25, 0.3) is 11.8 Å². The average molecular weight is 326 g/mol. The molecule has 5 heteroatoms. The molecule has 4 nitrogen and oxygen atoms in total. The zero-order valence-electron chi connectivity index (χ0n) is 12.6. The Hall–Kier alpha value is -2.14. The summed E-state index contributed by atoms with van der Waals surface area (Å²) in [5.74, 6) is 0.555. The maximum Gasteiger partial charge on any atom is 0.261 e. The Kier molecular flexibility index (Phi) is 3.65. The molecule has 2 bridgehead atoms. The largest absolute Gasteiger partial charge is 0.347 e. The van der Waals surface area contributed by atoms with E-state index in [1.165, 1.54) is 11.3 Å². The highest BCUT2D eigenvalue weighted by atomic mass is 32.1. The number of fused-ring (bicyclic) bond motifs is 2. The Morgan fingerprint density at radius 3 is 2.61 bits per heavy atom. The molecule has 2 fully saturated rings. The van der Waals surface area contributed by atoms with Gasteiger partial charge in [0, 0.05) is 18.2 Å². The Morgan fingerprint density at radius 1 is 1.09 bits per heavy atom. The van der Waals surface area contributed by atoms with Gasteiger partial charge in [0.05, 0.1) is 10.9 Å². The van der Waals surface area contributed by atoms with Crippen LogP contribution in [0.2, 0.25) is 0 Å². The van der Waals surface area contributed by atoms with Crippen molar-refractivity contribution in [3.8, 4) is 0 Å². The van der Waals surface area contributed by atoms with Crippen molar-refractivity contribution in [2.45, 2.75) is 24.9 Å². The lowest BCUT2D eigenvalue weighted by molar-refractivity contribution is 0.0649. The highest BCUT2D eigenvalue weighted by Crippen LogP contribution is 2.38. The van der Waals surface area contributed by atoms with Crippen molar-refractivity contribution in [1.29, 1.82) is 0 Å². The van der Waals surface area contributed by atoms with E-state index >= 15 is 0 Å². The van der Waals surface area contributed by atoms with Crippen molar-refractivity contribution in [2.24, 2.45) is 5.92 Å². The second kappa shape index (κ2) is 5.81. The van der Waals surface area contributed by atoms with E-state index in [9.17, 15) is 9.59 Å². The normalized spacial score (nSPS) is 25.6. The Labute approximate surface area is 139 Å². The number of rotatable bonds is 3. The van der Waals surface area contributed by atoms with Gasteiger partial charge in [-0.05, 0) is 42.3 Å². The fourth-order valence-electron chi connectivity index (χ4n) is 3.81. The number of amides is 2. The van der Waals surface area contributed by atoms with Gasteiger partial charge in [-0.3, -0.25) is 9.59 Å². The maximum absolute atomic E-state index is 12.7. The third kappa shape index (κ3) is 2.65. The summed E-state index contributed by atoms with van der Waals surface area (Å²) in [4.78, 5) is 27.7. The molecule has 0 radical (unpaired) electrons. The number of hydrogen-bond acceptors (Lipinski definition) is 3. The second-order valence-electron chi connectivity index (χ2n) is 6.29. The molecule has 1 aliphatic heterocycles. The van der Waals surface area contributed by atoms with E-state index in [1.54, 1.807) is 0 Å². The highest BCUT2D eigenvalue weighted by Gasteiger charge is 2.47. The first-order chi connectivity index (χ1) is 11.2. The number of piperidine rings is 1. The molecule has 1 aliphatic carbocycles. The van der Waals surface area contributed by atoms with Crippen molar-refractivity contribution >= 4 is 23.2 Å². The number of carbonyl (C=O) groups is 2. The van der Waals surface area contributed by atoms with E-state index < -0.39 is 0 Å². The third-order valence-electron chi connectivity index (χ3n) is 4.82. The SMILES string of the molecule is O=C(NC1CC2CC1N(C(=O)c1ccccc1)C2)c1cccs1. The Morgan fingerprint density at radius 2 is 1.91 bits per heavy atom. The van der Waals surface area contributed by atoms with E-state index in [1.807, 2.05) is 52.7 Å². The fourth-order valence-corrected chi connectivity index (χ4v) is 4.43. The van der Waals surface area contributed by atoms with Gasteiger partial charge in [-0.2, -0.15) is 0 Å². The first-order valence-electron chi connectivity index (χ1n) is 7.93. The molecule has 1 aromatic heterocycles. The second-order valence-corrected chi connectivity index (χ2v) is 7.23. The molecule has 1 aromatic carbocycles. The van der Waals surface area contributed by atoms with Gasteiger partial charge in [-0.15, -0.1) is 11.3 Å². The van der Waals surface area contributed by atoms with Crippen LogP contribution in [0.5, 0.6) is 0 Å². The monoisotopic (exact) mass is 326 g/mol. The standard InChI is InChI=1S/C18H18N2O2S/c21-17(16-7-4-8-23-16)19-14-9-12-10-15(14)20(11-12)18(22)13-5-2-1-3-6-13/h1-8,12,14-15H,9-11H2,(H,19,21). The lowest BCUT2D eigenvalue weighted by Gasteiger charge is -2.33.